The quantitative estimate of drug-likeness (QED) is 0.794. The fraction of sp³-hybridized carbons (Fsp3) is 1.00. The highest BCUT2D eigenvalue weighted by Crippen LogP contribution is 2.35. The Morgan fingerprint density at radius 1 is 1.24 bits per heavy atom. The molecule has 17 heavy (non-hydrogen) atoms. The fourth-order valence-corrected chi connectivity index (χ4v) is 2.91. The van der Waals surface area contributed by atoms with Gasteiger partial charge in [0.25, 0.3) is 0 Å². The van der Waals surface area contributed by atoms with Gasteiger partial charge in [-0.15, -0.1) is 0 Å². The summed E-state index contributed by atoms with van der Waals surface area (Å²) in [6.07, 6.45) is 5.53. The second-order valence-electron chi connectivity index (χ2n) is 7.07. The van der Waals surface area contributed by atoms with Crippen molar-refractivity contribution < 1.29 is 0 Å². The maximum Gasteiger partial charge on any atom is 0.0220 e. The molecular formula is C15H32N2. The molecule has 0 aromatic heterocycles. The van der Waals surface area contributed by atoms with E-state index in [1.165, 1.54) is 25.7 Å². The van der Waals surface area contributed by atoms with Crippen LogP contribution in [0.5, 0.6) is 0 Å². The maximum absolute atomic E-state index is 3.94. The van der Waals surface area contributed by atoms with Crippen molar-refractivity contribution in [3.05, 3.63) is 0 Å². The van der Waals surface area contributed by atoms with Crippen molar-refractivity contribution in [1.82, 2.24) is 10.2 Å². The third kappa shape index (κ3) is 4.59. The molecule has 1 fully saturated rings. The van der Waals surface area contributed by atoms with E-state index in [9.17, 15) is 0 Å². The Morgan fingerprint density at radius 2 is 1.88 bits per heavy atom. The van der Waals surface area contributed by atoms with E-state index < -0.39 is 0 Å². The lowest BCUT2D eigenvalue weighted by Crippen LogP contribution is -2.53. The van der Waals surface area contributed by atoms with Crippen molar-refractivity contribution in [3.8, 4) is 0 Å². The van der Waals surface area contributed by atoms with Gasteiger partial charge in [0.05, 0.1) is 0 Å². The average Bonchev–Trinajstić information content (AvgIpc) is 2.18. The van der Waals surface area contributed by atoms with E-state index in [0.717, 1.165) is 6.54 Å². The van der Waals surface area contributed by atoms with Crippen LogP contribution in [-0.2, 0) is 0 Å². The van der Waals surface area contributed by atoms with Gasteiger partial charge in [-0.1, -0.05) is 40.5 Å². The van der Waals surface area contributed by atoms with Crippen LogP contribution in [0, 0.1) is 11.3 Å². The molecule has 2 nitrogen and oxygen atoms in total. The van der Waals surface area contributed by atoms with Crippen molar-refractivity contribution in [2.75, 3.05) is 20.6 Å². The molecule has 1 saturated carbocycles. The molecule has 1 aliphatic carbocycles. The monoisotopic (exact) mass is 240 g/mol. The van der Waals surface area contributed by atoms with Crippen molar-refractivity contribution in [2.24, 2.45) is 11.3 Å². The van der Waals surface area contributed by atoms with E-state index in [-0.39, 0.29) is 0 Å². The molecule has 0 amide bonds. The first kappa shape index (κ1) is 15.0. The summed E-state index contributed by atoms with van der Waals surface area (Å²) in [6.45, 7) is 10.7. The molecule has 2 unspecified atom stereocenters. The molecule has 0 aromatic rings. The number of likely N-dealkylation sites (N-methyl/N-ethyl adjacent to an activating group) is 1. The Morgan fingerprint density at radius 3 is 2.35 bits per heavy atom. The predicted octanol–water partition coefficient (Wildman–Crippen LogP) is 3.13. The number of hydrogen-bond donors (Lipinski definition) is 1. The summed E-state index contributed by atoms with van der Waals surface area (Å²) in [5.74, 6) is 0.704. The normalized spacial score (nSPS) is 26.5. The molecular weight excluding hydrogens is 208 g/mol. The minimum absolute atomic E-state index is 0.470. The minimum atomic E-state index is 0.470. The molecule has 0 saturated heterocycles. The molecule has 102 valence electrons. The highest BCUT2D eigenvalue weighted by molar-refractivity contribution is 4.91. The standard InChI is InChI=1S/C15H32N2/c1-12(2)13(11-17(5)6)16-14-9-7-8-10-15(14,3)4/h12-14,16H,7-11H2,1-6H3. The van der Waals surface area contributed by atoms with Gasteiger partial charge in [0, 0.05) is 18.6 Å². The SMILES string of the molecule is CC(C)C(CN(C)C)NC1CCCCC1(C)C. The third-order valence-corrected chi connectivity index (χ3v) is 4.29. The average molecular weight is 240 g/mol. The van der Waals surface area contributed by atoms with Crippen molar-refractivity contribution in [2.45, 2.75) is 65.5 Å². The summed E-state index contributed by atoms with van der Waals surface area (Å²) in [5.41, 5.74) is 0.470. The van der Waals surface area contributed by atoms with Gasteiger partial charge >= 0.3 is 0 Å². The predicted molar refractivity (Wildman–Crippen MR) is 76.4 cm³/mol. The van der Waals surface area contributed by atoms with Gasteiger partial charge in [0.15, 0.2) is 0 Å². The molecule has 2 heteroatoms. The van der Waals surface area contributed by atoms with Crippen molar-refractivity contribution in [1.29, 1.82) is 0 Å². The molecule has 0 spiro atoms. The summed E-state index contributed by atoms with van der Waals surface area (Å²) in [7, 11) is 4.34. The molecule has 0 bridgehead atoms. The molecule has 0 aliphatic heterocycles. The van der Waals surface area contributed by atoms with Crippen LogP contribution in [0.3, 0.4) is 0 Å². The summed E-state index contributed by atoms with van der Waals surface area (Å²) in [5, 5.41) is 3.94. The summed E-state index contributed by atoms with van der Waals surface area (Å²) in [4.78, 5) is 2.30. The molecule has 1 rings (SSSR count). The van der Waals surface area contributed by atoms with E-state index in [1.807, 2.05) is 0 Å². The number of hydrogen-bond acceptors (Lipinski definition) is 2. The minimum Gasteiger partial charge on any atom is -0.309 e. The molecule has 1 N–H and O–H groups in total. The second-order valence-corrected chi connectivity index (χ2v) is 7.07. The van der Waals surface area contributed by atoms with E-state index in [4.69, 9.17) is 0 Å². The smallest absolute Gasteiger partial charge is 0.0220 e. The summed E-state index contributed by atoms with van der Waals surface area (Å²) < 4.78 is 0. The van der Waals surface area contributed by atoms with E-state index in [2.05, 4.69) is 52.0 Å². The van der Waals surface area contributed by atoms with Gasteiger partial charge in [0.2, 0.25) is 0 Å². The molecule has 0 radical (unpaired) electrons. The zero-order valence-electron chi connectivity index (χ0n) is 12.7. The highest BCUT2D eigenvalue weighted by atomic mass is 15.1. The van der Waals surface area contributed by atoms with Crippen LogP contribution in [0.2, 0.25) is 0 Å². The van der Waals surface area contributed by atoms with Crippen LogP contribution >= 0.6 is 0 Å². The Balaban J connectivity index is 2.58. The molecule has 0 heterocycles. The van der Waals surface area contributed by atoms with Gasteiger partial charge in [-0.2, -0.15) is 0 Å². The maximum atomic E-state index is 3.94. The third-order valence-electron chi connectivity index (χ3n) is 4.29. The fourth-order valence-electron chi connectivity index (χ4n) is 2.91. The Bertz CT molecular complexity index is 221. The second kappa shape index (κ2) is 6.19. The van der Waals surface area contributed by atoms with Gasteiger partial charge < -0.3 is 10.2 Å². The van der Waals surface area contributed by atoms with Crippen molar-refractivity contribution >= 4 is 0 Å². The van der Waals surface area contributed by atoms with Gasteiger partial charge in [-0.25, -0.2) is 0 Å². The van der Waals surface area contributed by atoms with E-state index in [0.29, 0.717) is 23.4 Å². The lowest BCUT2D eigenvalue weighted by atomic mass is 9.73. The Hall–Kier alpha value is -0.0800. The number of nitrogens with one attached hydrogen (secondary N) is 1. The number of rotatable bonds is 5. The van der Waals surface area contributed by atoms with Crippen LogP contribution < -0.4 is 5.32 Å². The van der Waals surface area contributed by atoms with Crippen molar-refractivity contribution in [3.63, 3.8) is 0 Å². The van der Waals surface area contributed by atoms with Gasteiger partial charge in [-0.05, 0) is 38.3 Å². The lowest BCUT2D eigenvalue weighted by Gasteiger charge is -2.42. The van der Waals surface area contributed by atoms with Crippen LogP contribution in [0.25, 0.3) is 0 Å². The number of nitrogens with zero attached hydrogens (tertiary/aromatic N) is 1. The zero-order valence-corrected chi connectivity index (χ0v) is 12.7. The summed E-state index contributed by atoms with van der Waals surface area (Å²) >= 11 is 0. The largest absolute Gasteiger partial charge is 0.309 e. The first-order valence-corrected chi connectivity index (χ1v) is 7.23. The first-order chi connectivity index (χ1) is 7.83. The van der Waals surface area contributed by atoms with Crippen LogP contribution in [0.4, 0.5) is 0 Å². The van der Waals surface area contributed by atoms with E-state index in [1.54, 1.807) is 0 Å². The topological polar surface area (TPSA) is 15.3 Å². The van der Waals surface area contributed by atoms with Crippen LogP contribution in [0.15, 0.2) is 0 Å². The zero-order chi connectivity index (χ0) is 13.1. The van der Waals surface area contributed by atoms with Gasteiger partial charge in [-0.3, -0.25) is 0 Å². The van der Waals surface area contributed by atoms with E-state index >= 15 is 0 Å². The van der Waals surface area contributed by atoms with Gasteiger partial charge in [0.1, 0.15) is 0 Å². The Labute approximate surface area is 108 Å². The summed E-state index contributed by atoms with van der Waals surface area (Å²) in [6, 6.07) is 1.32. The van der Waals surface area contributed by atoms with Crippen LogP contribution in [-0.4, -0.2) is 37.6 Å². The first-order valence-electron chi connectivity index (χ1n) is 7.23. The highest BCUT2D eigenvalue weighted by Gasteiger charge is 2.33. The molecule has 2 atom stereocenters. The Kier molecular flexibility index (Phi) is 5.46. The molecule has 1 aliphatic rings. The molecule has 0 aromatic carbocycles. The van der Waals surface area contributed by atoms with Crippen LogP contribution in [0.1, 0.15) is 53.4 Å². The lowest BCUT2D eigenvalue weighted by molar-refractivity contribution is 0.136.